The van der Waals surface area contributed by atoms with E-state index in [0.29, 0.717) is 12.5 Å². The summed E-state index contributed by atoms with van der Waals surface area (Å²) in [6.45, 7) is 3.53. The van der Waals surface area contributed by atoms with Crippen molar-refractivity contribution in [1.82, 2.24) is 5.32 Å². The highest BCUT2D eigenvalue weighted by atomic mass is 32.1. The molecule has 1 aliphatic rings. The van der Waals surface area contributed by atoms with Crippen LogP contribution in [0.25, 0.3) is 0 Å². The molecule has 1 aromatic rings. The van der Waals surface area contributed by atoms with Gasteiger partial charge in [0.2, 0.25) is 5.91 Å². The summed E-state index contributed by atoms with van der Waals surface area (Å²) in [5.74, 6) is 1.06. The second-order valence-corrected chi connectivity index (χ2v) is 6.20. The fourth-order valence-electron chi connectivity index (χ4n) is 2.56. The highest BCUT2D eigenvalue weighted by Gasteiger charge is 2.25. The molecule has 1 aliphatic carbocycles. The number of hydrogen-bond acceptors (Lipinski definition) is 3. The first-order valence-corrected chi connectivity index (χ1v) is 7.59. The van der Waals surface area contributed by atoms with E-state index in [0.717, 1.165) is 32.2 Å². The number of rotatable bonds is 4. The normalized spacial score (nSPS) is 23.9. The Labute approximate surface area is 113 Å². The van der Waals surface area contributed by atoms with E-state index in [1.54, 1.807) is 11.3 Å². The quantitative estimate of drug-likeness (QED) is 0.879. The molecule has 1 heterocycles. The Morgan fingerprint density at radius 3 is 2.72 bits per heavy atom. The van der Waals surface area contributed by atoms with Crippen molar-refractivity contribution in [1.29, 1.82) is 0 Å². The number of carbonyl (C=O) groups is 1. The van der Waals surface area contributed by atoms with Gasteiger partial charge in [0.05, 0.1) is 6.54 Å². The zero-order valence-corrected chi connectivity index (χ0v) is 11.8. The molecule has 0 unspecified atom stereocenters. The SMILES string of the molecule is Cc1ccsc1CNC(=O)C1CCC(CN)CC1. The molecule has 3 N–H and O–H groups in total. The van der Waals surface area contributed by atoms with Crippen molar-refractivity contribution in [2.24, 2.45) is 17.6 Å². The van der Waals surface area contributed by atoms with Gasteiger partial charge in [-0.25, -0.2) is 0 Å². The fourth-order valence-corrected chi connectivity index (χ4v) is 3.40. The molecule has 2 rings (SSSR count). The summed E-state index contributed by atoms with van der Waals surface area (Å²) < 4.78 is 0. The van der Waals surface area contributed by atoms with Gasteiger partial charge in [-0.15, -0.1) is 11.3 Å². The van der Waals surface area contributed by atoms with Gasteiger partial charge in [0.1, 0.15) is 0 Å². The van der Waals surface area contributed by atoms with Crippen LogP contribution >= 0.6 is 11.3 Å². The number of carbonyl (C=O) groups excluding carboxylic acids is 1. The lowest BCUT2D eigenvalue weighted by Crippen LogP contribution is -2.33. The molecule has 100 valence electrons. The molecule has 0 saturated heterocycles. The van der Waals surface area contributed by atoms with Crippen LogP contribution in [-0.2, 0) is 11.3 Å². The molecule has 0 radical (unpaired) electrons. The number of nitrogens with two attached hydrogens (primary N) is 1. The van der Waals surface area contributed by atoms with Crippen LogP contribution in [0.4, 0.5) is 0 Å². The van der Waals surface area contributed by atoms with Crippen LogP contribution in [0.2, 0.25) is 0 Å². The van der Waals surface area contributed by atoms with Crippen LogP contribution in [0.5, 0.6) is 0 Å². The molecule has 0 atom stereocenters. The second-order valence-electron chi connectivity index (χ2n) is 5.20. The Kier molecular flexibility index (Phi) is 4.78. The molecule has 1 fully saturated rings. The zero-order valence-electron chi connectivity index (χ0n) is 10.9. The minimum absolute atomic E-state index is 0.202. The van der Waals surface area contributed by atoms with Gasteiger partial charge in [0.15, 0.2) is 0 Å². The van der Waals surface area contributed by atoms with Gasteiger partial charge in [-0.2, -0.15) is 0 Å². The van der Waals surface area contributed by atoms with Crippen LogP contribution in [-0.4, -0.2) is 12.5 Å². The van der Waals surface area contributed by atoms with E-state index in [2.05, 4.69) is 23.7 Å². The van der Waals surface area contributed by atoms with Crippen LogP contribution < -0.4 is 11.1 Å². The third-order valence-electron chi connectivity index (χ3n) is 3.94. The smallest absolute Gasteiger partial charge is 0.223 e. The highest BCUT2D eigenvalue weighted by molar-refractivity contribution is 7.10. The molecular formula is C14H22N2OS. The summed E-state index contributed by atoms with van der Waals surface area (Å²) in [6, 6.07) is 2.10. The van der Waals surface area contributed by atoms with Gasteiger partial charge < -0.3 is 11.1 Å². The van der Waals surface area contributed by atoms with Gasteiger partial charge in [0, 0.05) is 10.8 Å². The maximum absolute atomic E-state index is 12.1. The Morgan fingerprint density at radius 2 is 2.17 bits per heavy atom. The predicted molar refractivity (Wildman–Crippen MR) is 75.4 cm³/mol. The molecule has 0 aromatic carbocycles. The summed E-state index contributed by atoms with van der Waals surface area (Å²) in [5.41, 5.74) is 6.94. The van der Waals surface area contributed by atoms with E-state index >= 15 is 0 Å². The monoisotopic (exact) mass is 266 g/mol. The lowest BCUT2D eigenvalue weighted by Gasteiger charge is -2.26. The average Bonchev–Trinajstić information content (AvgIpc) is 2.81. The minimum atomic E-state index is 0.202. The highest BCUT2D eigenvalue weighted by Crippen LogP contribution is 2.28. The van der Waals surface area contributed by atoms with E-state index in [1.807, 2.05) is 0 Å². The molecule has 1 saturated carbocycles. The summed E-state index contributed by atoms with van der Waals surface area (Å²) in [5, 5.41) is 5.14. The molecule has 3 nitrogen and oxygen atoms in total. The first-order valence-electron chi connectivity index (χ1n) is 6.71. The number of amides is 1. The number of thiophene rings is 1. The summed E-state index contributed by atoms with van der Waals surface area (Å²) >= 11 is 1.71. The molecule has 4 heteroatoms. The largest absolute Gasteiger partial charge is 0.351 e. The van der Waals surface area contributed by atoms with Crippen LogP contribution in [0, 0.1) is 18.8 Å². The molecular weight excluding hydrogens is 244 g/mol. The van der Waals surface area contributed by atoms with Crippen LogP contribution in [0.15, 0.2) is 11.4 Å². The average molecular weight is 266 g/mol. The van der Waals surface area contributed by atoms with Crippen molar-refractivity contribution >= 4 is 17.2 Å². The Hall–Kier alpha value is -0.870. The van der Waals surface area contributed by atoms with E-state index < -0.39 is 0 Å². The third kappa shape index (κ3) is 3.33. The Balaban J connectivity index is 1.77. The number of hydrogen-bond donors (Lipinski definition) is 2. The lowest BCUT2D eigenvalue weighted by atomic mass is 9.81. The number of aryl methyl sites for hydroxylation is 1. The number of nitrogens with one attached hydrogen (secondary N) is 1. The van der Waals surface area contributed by atoms with Crippen molar-refractivity contribution in [3.8, 4) is 0 Å². The molecule has 0 bridgehead atoms. The van der Waals surface area contributed by atoms with Crippen LogP contribution in [0.3, 0.4) is 0 Å². The first-order chi connectivity index (χ1) is 8.70. The summed E-state index contributed by atoms with van der Waals surface area (Å²) in [6.07, 6.45) is 4.20. The first kappa shape index (κ1) is 13.6. The van der Waals surface area contributed by atoms with Gasteiger partial charge in [-0.1, -0.05) is 0 Å². The van der Waals surface area contributed by atoms with E-state index in [4.69, 9.17) is 5.73 Å². The predicted octanol–water partition coefficient (Wildman–Crippen LogP) is 2.44. The standard InChI is InChI=1S/C14H22N2OS/c1-10-6-7-18-13(10)9-16-14(17)12-4-2-11(8-15)3-5-12/h6-7,11-12H,2-5,8-9,15H2,1H3,(H,16,17). The maximum atomic E-state index is 12.1. The molecule has 18 heavy (non-hydrogen) atoms. The van der Waals surface area contributed by atoms with Crippen LogP contribution in [0.1, 0.15) is 36.1 Å². The van der Waals surface area contributed by atoms with Gasteiger partial charge in [0.25, 0.3) is 0 Å². The Morgan fingerprint density at radius 1 is 1.44 bits per heavy atom. The summed E-state index contributed by atoms with van der Waals surface area (Å²) in [7, 11) is 0. The van der Waals surface area contributed by atoms with E-state index in [9.17, 15) is 4.79 Å². The minimum Gasteiger partial charge on any atom is -0.351 e. The zero-order chi connectivity index (χ0) is 13.0. The second kappa shape index (κ2) is 6.34. The third-order valence-corrected chi connectivity index (χ3v) is 4.97. The lowest BCUT2D eigenvalue weighted by molar-refractivity contribution is -0.126. The van der Waals surface area contributed by atoms with Crippen molar-refractivity contribution in [3.63, 3.8) is 0 Å². The van der Waals surface area contributed by atoms with Crippen molar-refractivity contribution in [2.45, 2.75) is 39.2 Å². The molecule has 0 aliphatic heterocycles. The maximum Gasteiger partial charge on any atom is 0.223 e. The van der Waals surface area contributed by atoms with Crippen molar-refractivity contribution in [3.05, 3.63) is 21.9 Å². The summed E-state index contributed by atoms with van der Waals surface area (Å²) in [4.78, 5) is 13.3. The molecule has 1 amide bonds. The van der Waals surface area contributed by atoms with Gasteiger partial charge >= 0.3 is 0 Å². The molecule has 1 aromatic heterocycles. The van der Waals surface area contributed by atoms with Crippen molar-refractivity contribution in [2.75, 3.05) is 6.54 Å². The van der Waals surface area contributed by atoms with E-state index in [1.165, 1.54) is 10.4 Å². The van der Waals surface area contributed by atoms with Gasteiger partial charge in [-0.05, 0) is 62.1 Å². The van der Waals surface area contributed by atoms with Crippen molar-refractivity contribution < 1.29 is 4.79 Å². The van der Waals surface area contributed by atoms with Gasteiger partial charge in [-0.3, -0.25) is 4.79 Å². The fraction of sp³-hybridized carbons (Fsp3) is 0.643. The molecule has 0 spiro atoms. The Bertz CT molecular complexity index is 394. The topological polar surface area (TPSA) is 55.1 Å². The van der Waals surface area contributed by atoms with E-state index in [-0.39, 0.29) is 11.8 Å².